The Bertz CT molecular complexity index is 565. The predicted molar refractivity (Wildman–Crippen MR) is 78.3 cm³/mol. The number of nitrogens with one attached hydrogen (secondary N) is 1. The van der Waals surface area contributed by atoms with E-state index in [1.165, 1.54) is 18.2 Å². The number of carbonyl (C=O) groups is 2. The highest BCUT2D eigenvalue weighted by Crippen LogP contribution is 2.21. The van der Waals surface area contributed by atoms with E-state index in [1.54, 1.807) is 11.8 Å². The molecule has 1 aromatic rings. The van der Waals surface area contributed by atoms with E-state index in [4.69, 9.17) is 11.6 Å². The van der Waals surface area contributed by atoms with Crippen LogP contribution in [0.15, 0.2) is 18.2 Å². The molecule has 1 aliphatic rings. The van der Waals surface area contributed by atoms with Crippen LogP contribution in [0, 0.1) is 5.82 Å². The zero-order chi connectivity index (χ0) is 15.6. The largest absolute Gasteiger partial charge is 0.344 e. The van der Waals surface area contributed by atoms with E-state index in [9.17, 15) is 14.0 Å². The van der Waals surface area contributed by atoms with Gasteiger partial charge in [-0.2, -0.15) is 0 Å². The minimum absolute atomic E-state index is 0.109. The first kappa shape index (κ1) is 15.8. The lowest BCUT2D eigenvalue weighted by molar-refractivity contribution is -0.135. The molecule has 1 saturated heterocycles. The average Bonchev–Trinajstić information content (AvgIpc) is 2.53. The fourth-order valence-corrected chi connectivity index (χ4v) is 2.66. The van der Waals surface area contributed by atoms with Gasteiger partial charge in [-0.1, -0.05) is 18.5 Å². The summed E-state index contributed by atoms with van der Waals surface area (Å²) in [4.78, 5) is 25.8. The van der Waals surface area contributed by atoms with Crippen LogP contribution in [0.4, 0.5) is 4.39 Å². The van der Waals surface area contributed by atoms with Gasteiger partial charge in [0.25, 0.3) is 0 Å². The fraction of sp³-hybridized carbons (Fsp3) is 0.467. The number of carbonyl (C=O) groups excluding carboxylic acids is 2. The summed E-state index contributed by atoms with van der Waals surface area (Å²) in [6.45, 7) is 3.73. The molecular formula is C15H18ClFN2O2. The lowest BCUT2D eigenvalue weighted by Gasteiger charge is -2.28. The second kappa shape index (κ2) is 6.43. The van der Waals surface area contributed by atoms with Gasteiger partial charge in [-0.15, -0.1) is 0 Å². The standard InChI is InChI=1S/C15H18ClFN2O2/c1-3-13-15(21)19(9(2)6-14(20)18-13)8-10-7-11(16)4-5-12(10)17/h4-5,7,9,13H,3,6,8H2,1-2H3,(H,18,20). The van der Waals surface area contributed by atoms with E-state index in [-0.39, 0.29) is 30.8 Å². The first-order chi connectivity index (χ1) is 9.92. The Labute approximate surface area is 128 Å². The minimum Gasteiger partial charge on any atom is -0.344 e. The monoisotopic (exact) mass is 312 g/mol. The molecule has 1 N–H and O–H groups in total. The quantitative estimate of drug-likeness (QED) is 0.932. The Morgan fingerprint density at radius 3 is 2.81 bits per heavy atom. The summed E-state index contributed by atoms with van der Waals surface area (Å²) in [6.07, 6.45) is 0.718. The van der Waals surface area contributed by atoms with Crippen LogP contribution >= 0.6 is 11.6 Å². The molecule has 2 amide bonds. The van der Waals surface area contributed by atoms with Gasteiger partial charge < -0.3 is 10.2 Å². The molecule has 0 saturated carbocycles. The highest BCUT2D eigenvalue weighted by atomic mass is 35.5. The van der Waals surface area contributed by atoms with Gasteiger partial charge in [-0.3, -0.25) is 9.59 Å². The molecule has 4 nitrogen and oxygen atoms in total. The molecule has 1 fully saturated rings. The van der Waals surface area contributed by atoms with Crippen molar-refractivity contribution in [3.63, 3.8) is 0 Å². The van der Waals surface area contributed by atoms with Crippen molar-refractivity contribution in [2.75, 3.05) is 0 Å². The van der Waals surface area contributed by atoms with Gasteiger partial charge in [0, 0.05) is 29.6 Å². The lowest BCUT2D eigenvalue weighted by atomic mass is 10.1. The predicted octanol–water partition coefficient (Wildman–Crippen LogP) is 2.49. The zero-order valence-electron chi connectivity index (χ0n) is 12.0. The molecule has 0 aliphatic carbocycles. The van der Waals surface area contributed by atoms with Gasteiger partial charge in [-0.05, 0) is 31.5 Å². The molecule has 6 heteroatoms. The Morgan fingerprint density at radius 1 is 1.43 bits per heavy atom. The van der Waals surface area contributed by atoms with Crippen LogP contribution in [0.5, 0.6) is 0 Å². The summed E-state index contributed by atoms with van der Waals surface area (Å²) in [5, 5.41) is 3.12. The topological polar surface area (TPSA) is 49.4 Å². The number of benzene rings is 1. The fourth-order valence-electron chi connectivity index (χ4n) is 2.47. The van der Waals surface area contributed by atoms with Crippen LogP contribution in [0.2, 0.25) is 5.02 Å². The maximum absolute atomic E-state index is 13.9. The third-order valence-electron chi connectivity index (χ3n) is 3.69. The van der Waals surface area contributed by atoms with Crippen LogP contribution in [0.3, 0.4) is 0 Å². The van der Waals surface area contributed by atoms with E-state index < -0.39 is 11.9 Å². The van der Waals surface area contributed by atoms with Crippen LogP contribution in [-0.4, -0.2) is 28.8 Å². The molecule has 0 aromatic heterocycles. The summed E-state index contributed by atoms with van der Waals surface area (Å²) in [5.41, 5.74) is 0.354. The smallest absolute Gasteiger partial charge is 0.245 e. The number of halogens is 2. The molecule has 0 spiro atoms. The van der Waals surface area contributed by atoms with Crippen molar-refractivity contribution in [3.05, 3.63) is 34.6 Å². The summed E-state index contributed by atoms with van der Waals surface area (Å²) < 4.78 is 13.9. The first-order valence-corrected chi connectivity index (χ1v) is 7.34. The maximum Gasteiger partial charge on any atom is 0.245 e. The van der Waals surface area contributed by atoms with Gasteiger partial charge in [0.15, 0.2) is 0 Å². The molecule has 1 aromatic carbocycles. The third kappa shape index (κ3) is 3.53. The SMILES string of the molecule is CCC1NC(=O)CC(C)N(Cc2cc(Cl)ccc2F)C1=O. The molecule has 1 heterocycles. The normalized spacial score (nSPS) is 23.0. The van der Waals surface area contributed by atoms with E-state index in [0.29, 0.717) is 17.0 Å². The maximum atomic E-state index is 13.9. The van der Waals surface area contributed by atoms with Gasteiger partial charge in [0.05, 0.1) is 0 Å². The van der Waals surface area contributed by atoms with Crippen molar-refractivity contribution in [1.29, 1.82) is 0 Å². The molecule has 114 valence electrons. The van der Waals surface area contributed by atoms with Crippen molar-refractivity contribution in [1.82, 2.24) is 10.2 Å². The minimum atomic E-state index is -0.551. The van der Waals surface area contributed by atoms with Crippen molar-refractivity contribution < 1.29 is 14.0 Å². The van der Waals surface area contributed by atoms with Crippen molar-refractivity contribution >= 4 is 23.4 Å². The van der Waals surface area contributed by atoms with Crippen LogP contribution in [0.1, 0.15) is 32.3 Å². The molecule has 2 atom stereocenters. The number of hydrogen-bond donors (Lipinski definition) is 1. The van der Waals surface area contributed by atoms with Crippen molar-refractivity contribution in [2.24, 2.45) is 0 Å². The van der Waals surface area contributed by atoms with E-state index in [0.717, 1.165) is 0 Å². The highest BCUT2D eigenvalue weighted by molar-refractivity contribution is 6.30. The highest BCUT2D eigenvalue weighted by Gasteiger charge is 2.33. The third-order valence-corrected chi connectivity index (χ3v) is 3.92. The molecule has 2 unspecified atom stereocenters. The Hall–Kier alpha value is -1.62. The number of amides is 2. The summed E-state index contributed by atoms with van der Waals surface area (Å²) >= 11 is 5.88. The van der Waals surface area contributed by atoms with Gasteiger partial charge in [0.1, 0.15) is 11.9 Å². The summed E-state index contributed by atoms with van der Waals surface area (Å²) in [6, 6.07) is 3.43. The first-order valence-electron chi connectivity index (χ1n) is 6.96. The molecule has 0 bridgehead atoms. The lowest BCUT2D eigenvalue weighted by Crippen LogP contribution is -2.45. The van der Waals surface area contributed by atoms with Gasteiger partial charge >= 0.3 is 0 Å². The Morgan fingerprint density at radius 2 is 2.14 bits per heavy atom. The molecule has 0 radical (unpaired) electrons. The van der Waals surface area contributed by atoms with E-state index >= 15 is 0 Å². The second-order valence-corrected chi connectivity index (χ2v) is 5.72. The molecule has 2 rings (SSSR count). The van der Waals surface area contributed by atoms with Gasteiger partial charge in [-0.25, -0.2) is 4.39 Å². The molecular weight excluding hydrogens is 295 g/mol. The van der Waals surface area contributed by atoms with E-state index in [2.05, 4.69) is 5.32 Å². The number of hydrogen-bond acceptors (Lipinski definition) is 2. The van der Waals surface area contributed by atoms with Crippen molar-refractivity contribution in [2.45, 2.75) is 45.3 Å². The zero-order valence-corrected chi connectivity index (χ0v) is 12.8. The van der Waals surface area contributed by atoms with Gasteiger partial charge in [0.2, 0.25) is 11.8 Å². The summed E-state index contributed by atoms with van der Waals surface area (Å²) in [5.74, 6) is -0.747. The van der Waals surface area contributed by atoms with Crippen LogP contribution in [0.25, 0.3) is 0 Å². The Balaban J connectivity index is 2.28. The number of nitrogens with zero attached hydrogens (tertiary/aromatic N) is 1. The van der Waals surface area contributed by atoms with Crippen LogP contribution < -0.4 is 5.32 Å². The second-order valence-electron chi connectivity index (χ2n) is 5.28. The molecule has 1 aliphatic heterocycles. The van der Waals surface area contributed by atoms with E-state index in [1.807, 2.05) is 6.92 Å². The molecule has 21 heavy (non-hydrogen) atoms. The van der Waals surface area contributed by atoms with Crippen LogP contribution in [-0.2, 0) is 16.1 Å². The number of rotatable bonds is 3. The average molecular weight is 313 g/mol. The Kier molecular flexibility index (Phi) is 4.83. The summed E-state index contributed by atoms with van der Waals surface area (Å²) in [7, 11) is 0. The van der Waals surface area contributed by atoms with Crippen molar-refractivity contribution in [3.8, 4) is 0 Å².